The van der Waals surface area contributed by atoms with Crippen LogP contribution in [0.4, 0.5) is 0 Å². The maximum absolute atomic E-state index is 9.99. The van der Waals surface area contributed by atoms with Crippen molar-refractivity contribution >= 4 is 5.97 Å². The van der Waals surface area contributed by atoms with Gasteiger partial charge in [0.15, 0.2) is 5.76 Å². The van der Waals surface area contributed by atoms with Crippen molar-refractivity contribution in [1.82, 2.24) is 0 Å². The lowest BCUT2D eigenvalue weighted by Crippen LogP contribution is -1.86. The molecule has 0 bridgehead atoms. The van der Waals surface area contributed by atoms with Gasteiger partial charge < -0.3 is 9.52 Å². The molecule has 0 radical (unpaired) electrons. The van der Waals surface area contributed by atoms with Crippen LogP contribution in [0.1, 0.15) is 11.3 Å². The molecule has 11 heavy (non-hydrogen) atoms. The zero-order valence-corrected chi connectivity index (χ0v) is 5.92. The quantitative estimate of drug-likeness (QED) is 0.562. The van der Waals surface area contributed by atoms with Crippen molar-refractivity contribution in [1.29, 1.82) is 0 Å². The highest BCUT2D eigenvalue weighted by atomic mass is 16.4. The van der Waals surface area contributed by atoms with Gasteiger partial charge in [0.1, 0.15) is 0 Å². The highest BCUT2D eigenvalue weighted by molar-refractivity contribution is 5.87. The maximum Gasteiger partial charge on any atom is 0.382 e. The van der Waals surface area contributed by atoms with E-state index in [9.17, 15) is 4.79 Å². The molecule has 1 aromatic rings. The van der Waals surface area contributed by atoms with E-state index in [2.05, 4.69) is 5.92 Å². The fraction of sp³-hybridized carbons (Fsp3) is 0.125. The van der Waals surface area contributed by atoms with E-state index in [1.807, 2.05) is 5.92 Å². The predicted molar refractivity (Wildman–Crippen MR) is 38.0 cm³/mol. The molecule has 0 aliphatic carbocycles. The Balaban J connectivity index is 2.90. The molecule has 0 aliphatic heterocycles. The van der Waals surface area contributed by atoms with E-state index in [-0.39, 0.29) is 0 Å². The van der Waals surface area contributed by atoms with Gasteiger partial charge in [0.25, 0.3) is 0 Å². The number of aryl methyl sites for hydroxylation is 1. The van der Waals surface area contributed by atoms with Crippen molar-refractivity contribution in [3.63, 3.8) is 0 Å². The Kier molecular flexibility index (Phi) is 1.98. The second-order valence-electron chi connectivity index (χ2n) is 1.99. The zero-order valence-electron chi connectivity index (χ0n) is 5.92. The van der Waals surface area contributed by atoms with Gasteiger partial charge in [-0.25, -0.2) is 4.79 Å². The first-order valence-electron chi connectivity index (χ1n) is 2.99. The summed E-state index contributed by atoms with van der Waals surface area (Å²) in [7, 11) is 0. The summed E-state index contributed by atoms with van der Waals surface area (Å²) in [6.07, 6.45) is 1.47. The lowest BCUT2D eigenvalue weighted by atomic mass is 10.3. The zero-order chi connectivity index (χ0) is 8.27. The molecule has 1 N–H and O–H groups in total. The molecule has 3 nitrogen and oxygen atoms in total. The fourth-order valence-corrected chi connectivity index (χ4v) is 0.611. The molecule has 0 unspecified atom stereocenters. The van der Waals surface area contributed by atoms with E-state index in [0.29, 0.717) is 5.76 Å². The number of carboxylic acids is 1. The molecule has 3 heteroatoms. The van der Waals surface area contributed by atoms with Crippen molar-refractivity contribution in [3.05, 3.63) is 23.7 Å². The van der Waals surface area contributed by atoms with Gasteiger partial charge in [0.2, 0.25) is 0 Å². The lowest BCUT2D eigenvalue weighted by molar-refractivity contribution is -0.130. The van der Waals surface area contributed by atoms with Gasteiger partial charge in [-0.15, -0.1) is 0 Å². The van der Waals surface area contributed by atoms with Crippen molar-refractivity contribution < 1.29 is 14.3 Å². The molecule has 0 fully saturated rings. The number of carboxylic acid groups (broad SMARTS) is 1. The molecule has 0 aromatic carbocycles. The predicted octanol–water partition coefficient (Wildman–Crippen LogP) is 1.02. The molecule has 0 spiro atoms. The third-order valence-electron chi connectivity index (χ3n) is 1.15. The summed E-state index contributed by atoms with van der Waals surface area (Å²) in [4.78, 5) is 9.99. The van der Waals surface area contributed by atoms with E-state index in [1.54, 1.807) is 13.0 Å². The Morgan fingerprint density at radius 1 is 1.73 bits per heavy atom. The van der Waals surface area contributed by atoms with Crippen LogP contribution in [-0.2, 0) is 4.79 Å². The highest BCUT2D eigenvalue weighted by Crippen LogP contribution is 2.05. The molecule has 56 valence electrons. The monoisotopic (exact) mass is 150 g/mol. The minimum atomic E-state index is -1.15. The number of furan rings is 1. The molecule has 1 heterocycles. The van der Waals surface area contributed by atoms with Gasteiger partial charge in [-0.1, -0.05) is 0 Å². The summed E-state index contributed by atoms with van der Waals surface area (Å²) in [5.41, 5.74) is 0.846. The first-order valence-corrected chi connectivity index (χ1v) is 2.99. The molecule has 0 aliphatic rings. The second-order valence-corrected chi connectivity index (χ2v) is 1.99. The highest BCUT2D eigenvalue weighted by Gasteiger charge is 1.95. The van der Waals surface area contributed by atoms with E-state index < -0.39 is 5.97 Å². The van der Waals surface area contributed by atoms with Crippen molar-refractivity contribution in [3.8, 4) is 11.8 Å². The van der Waals surface area contributed by atoms with Gasteiger partial charge in [-0.3, -0.25) is 0 Å². The molecule has 1 aromatic heterocycles. The van der Waals surface area contributed by atoms with Gasteiger partial charge in [-0.2, -0.15) is 0 Å². The summed E-state index contributed by atoms with van der Waals surface area (Å²) in [6, 6.07) is 1.73. The smallest absolute Gasteiger partial charge is 0.382 e. The number of hydrogen-bond acceptors (Lipinski definition) is 2. The molecule has 0 amide bonds. The van der Waals surface area contributed by atoms with Crippen LogP contribution in [0.5, 0.6) is 0 Å². The largest absolute Gasteiger partial charge is 0.472 e. The topological polar surface area (TPSA) is 50.4 Å². The van der Waals surface area contributed by atoms with Gasteiger partial charge >= 0.3 is 5.97 Å². The Labute approximate surface area is 63.6 Å². The first-order chi connectivity index (χ1) is 5.20. The van der Waals surface area contributed by atoms with Crippen LogP contribution in [0.2, 0.25) is 0 Å². The van der Waals surface area contributed by atoms with Crippen LogP contribution < -0.4 is 0 Å². The Hall–Kier alpha value is -1.69. The molecular weight excluding hydrogens is 144 g/mol. The maximum atomic E-state index is 9.99. The molecule has 0 saturated carbocycles. The van der Waals surface area contributed by atoms with E-state index in [0.717, 1.165) is 5.56 Å². The lowest BCUT2D eigenvalue weighted by Gasteiger charge is -1.80. The summed E-state index contributed by atoms with van der Waals surface area (Å²) in [5.74, 6) is 3.60. The molecule has 0 saturated heterocycles. The van der Waals surface area contributed by atoms with Crippen LogP contribution >= 0.6 is 0 Å². The first kappa shape index (κ1) is 7.42. The van der Waals surface area contributed by atoms with Crippen molar-refractivity contribution in [2.24, 2.45) is 0 Å². The Bertz CT molecular complexity index is 325. The van der Waals surface area contributed by atoms with Gasteiger partial charge in [-0.05, 0) is 18.9 Å². The number of aliphatic carboxylic acids is 1. The minimum absolute atomic E-state index is 0.410. The number of rotatable bonds is 0. The Morgan fingerprint density at radius 2 is 2.45 bits per heavy atom. The third kappa shape index (κ3) is 1.87. The summed E-state index contributed by atoms with van der Waals surface area (Å²) in [5, 5.41) is 8.19. The molecule has 0 atom stereocenters. The molecular formula is C8H6O3. The van der Waals surface area contributed by atoms with Crippen LogP contribution in [-0.4, -0.2) is 11.1 Å². The van der Waals surface area contributed by atoms with Gasteiger partial charge in [0.05, 0.1) is 6.26 Å². The number of hydrogen-bond donors (Lipinski definition) is 1. The second kappa shape index (κ2) is 2.93. The van der Waals surface area contributed by atoms with E-state index >= 15 is 0 Å². The normalized spacial score (nSPS) is 8.45. The fourth-order valence-electron chi connectivity index (χ4n) is 0.611. The SMILES string of the molecule is Cc1ccoc1C#CC(=O)O. The van der Waals surface area contributed by atoms with E-state index in [1.165, 1.54) is 6.26 Å². The van der Waals surface area contributed by atoms with Crippen LogP contribution in [0.3, 0.4) is 0 Å². The average Bonchev–Trinajstić information content (AvgIpc) is 2.31. The van der Waals surface area contributed by atoms with Crippen LogP contribution in [0.15, 0.2) is 16.7 Å². The summed E-state index contributed by atoms with van der Waals surface area (Å²) < 4.78 is 4.88. The standard InChI is InChI=1S/C8H6O3/c1-6-4-5-11-7(6)2-3-8(9)10/h4-5H,1H3,(H,9,10). The molecule has 1 rings (SSSR count). The van der Waals surface area contributed by atoms with Crippen molar-refractivity contribution in [2.75, 3.05) is 0 Å². The van der Waals surface area contributed by atoms with E-state index in [4.69, 9.17) is 9.52 Å². The summed E-state index contributed by atoms with van der Waals surface area (Å²) >= 11 is 0. The minimum Gasteiger partial charge on any atom is -0.472 e. The average molecular weight is 150 g/mol. The summed E-state index contributed by atoms with van der Waals surface area (Å²) in [6.45, 7) is 1.80. The Morgan fingerprint density at radius 3 is 2.91 bits per heavy atom. The third-order valence-corrected chi connectivity index (χ3v) is 1.15. The van der Waals surface area contributed by atoms with Crippen molar-refractivity contribution in [2.45, 2.75) is 6.92 Å². The van der Waals surface area contributed by atoms with Gasteiger partial charge in [0, 0.05) is 11.5 Å². The van der Waals surface area contributed by atoms with Crippen LogP contribution in [0.25, 0.3) is 0 Å². The van der Waals surface area contributed by atoms with Crippen LogP contribution in [0, 0.1) is 18.8 Å². The number of carbonyl (C=O) groups is 1.